The minimum atomic E-state index is -4.37. The van der Waals surface area contributed by atoms with E-state index in [4.69, 9.17) is 0 Å². The van der Waals surface area contributed by atoms with Crippen molar-refractivity contribution in [1.29, 1.82) is 0 Å². The van der Waals surface area contributed by atoms with E-state index in [9.17, 15) is 22.8 Å². The molecule has 2 N–H and O–H groups in total. The minimum Gasteiger partial charge on any atom is -0.355 e. The Bertz CT molecular complexity index is 789. The summed E-state index contributed by atoms with van der Waals surface area (Å²) in [5.41, 5.74) is -2.55. The molecule has 2 rings (SSSR count). The van der Waals surface area contributed by atoms with Crippen molar-refractivity contribution in [2.24, 2.45) is 0 Å². The van der Waals surface area contributed by atoms with Gasteiger partial charge in [-0.1, -0.05) is 6.07 Å². The molecule has 0 aliphatic carbocycles. The summed E-state index contributed by atoms with van der Waals surface area (Å²) >= 11 is -0.241. The number of amides is 2. The normalized spacial score (nSPS) is 11.1. The summed E-state index contributed by atoms with van der Waals surface area (Å²) in [6.07, 6.45) is 0. The Morgan fingerprint density at radius 3 is 2.12 bits per heavy atom. The van der Waals surface area contributed by atoms with E-state index in [0.29, 0.717) is 11.3 Å². The molecule has 132 valence electrons. The quantitative estimate of drug-likeness (QED) is 0.795. The maximum absolute atomic E-state index is 12.3. The van der Waals surface area contributed by atoms with Crippen molar-refractivity contribution >= 4 is 29.3 Å². The summed E-state index contributed by atoms with van der Waals surface area (Å²) in [4.78, 5) is 23.9. The van der Waals surface area contributed by atoms with Crippen LogP contribution in [0.25, 0.3) is 0 Å². The lowest BCUT2D eigenvalue weighted by atomic mass is 10.1. The fourth-order valence-electron chi connectivity index (χ4n) is 2.04. The van der Waals surface area contributed by atoms with Crippen LogP contribution in [0.4, 0.5) is 18.9 Å². The van der Waals surface area contributed by atoms with Gasteiger partial charge >= 0.3 is 5.51 Å². The number of nitrogens with one attached hydrogen (secondary N) is 2. The van der Waals surface area contributed by atoms with Gasteiger partial charge in [-0.3, -0.25) is 9.59 Å². The molecular formula is C17H15F3N2O2S. The number of halogens is 3. The van der Waals surface area contributed by atoms with Crippen LogP contribution in [0.15, 0.2) is 47.4 Å². The number of aryl methyl sites for hydroxylation is 1. The van der Waals surface area contributed by atoms with E-state index in [1.54, 1.807) is 25.1 Å². The lowest BCUT2D eigenvalue weighted by Crippen LogP contribution is -2.19. The highest BCUT2D eigenvalue weighted by Gasteiger charge is 2.29. The number of hydrogen-bond acceptors (Lipinski definition) is 3. The monoisotopic (exact) mass is 368 g/mol. The molecule has 0 spiro atoms. The number of carbonyl (C=O) groups excluding carboxylic acids is 2. The molecule has 8 heteroatoms. The zero-order valence-corrected chi connectivity index (χ0v) is 14.2. The van der Waals surface area contributed by atoms with E-state index >= 15 is 0 Å². The van der Waals surface area contributed by atoms with Crippen molar-refractivity contribution in [1.82, 2.24) is 5.32 Å². The molecule has 0 heterocycles. The van der Waals surface area contributed by atoms with Crippen molar-refractivity contribution in [3.63, 3.8) is 0 Å². The number of benzene rings is 2. The van der Waals surface area contributed by atoms with Crippen LogP contribution in [0, 0.1) is 6.92 Å². The molecule has 4 nitrogen and oxygen atoms in total. The Kier molecular flexibility index (Phi) is 5.73. The van der Waals surface area contributed by atoms with Gasteiger partial charge in [0.15, 0.2) is 0 Å². The summed E-state index contributed by atoms with van der Waals surface area (Å²) in [5, 5.41) is 5.16. The summed E-state index contributed by atoms with van der Waals surface area (Å²) in [5.74, 6) is -0.759. The molecule has 0 atom stereocenters. The predicted molar refractivity (Wildman–Crippen MR) is 90.9 cm³/mol. The standard InChI is InChI=1S/C17H15F3N2O2S/c1-10-3-4-12(15(23)21-2)9-14(10)22-16(24)11-5-7-13(8-6-11)25-17(18,19)20/h3-9H,1-2H3,(H,21,23)(H,22,24). The van der Waals surface area contributed by atoms with E-state index < -0.39 is 11.4 Å². The van der Waals surface area contributed by atoms with E-state index in [0.717, 1.165) is 5.56 Å². The molecule has 2 amide bonds. The van der Waals surface area contributed by atoms with Gasteiger partial charge in [0.05, 0.1) is 0 Å². The average Bonchev–Trinajstić information content (AvgIpc) is 2.55. The van der Waals surface area contributed by atoms with Crippen LogP contribution >= 0.6 is 11.8 Å². The summed E-state index contributed by atoms with van der Waals surface area (Å²) in [6, 6.07) is 9.99. The van der Waals surface area contributed by atoms with Gasteiger partial charge in [0.25, 0.3) is 11.8 Å². The van der Waals surface area contributed by atoms with Crippen molar-refractivity contribution in [2.45, 2.75) is 17.3 Å². The van der Waals surface area contributed by atoms with Crippen LogP contribution in [0.5, 0.6) is 0 Å². The Morgan fingerprint density at radius 2 is 1.56 bits per heavy atom. The number of carbonyl (C=O) groups is 2. The molecule has 25 heavy (non-hydrogen) atoms. The predicted octanol–water partition coefficient (Wildman–Crippen LogP) is 4.22. The average molecular weight is 368 g/mol. The first-order valence-corrected chi connectivity index (χ1v) is 8.01. The van der Waals surface area contributed by atoms with Gasteiger partial charge in [0, 0.05) is 28.8 Å². The van der Waals surface area contributed by atoms with Crippen LogP contribution < -0.4 is 10.6 Å². The number of rotatable bonds is 4. The molecule has 2 aromatic rings. The van der Waals surface area contributed by atoms with E-state index in [-0.39, 0.29) is 28.1 Å². The molecule has 0 saturated heterocycles. The third kappa shape index (κ3) is 5.25. The molecular weight excluding hydrogens is 353 g/mol. The fraction of sp³-hybridized carbons (Fsp3) is 0.176. The number of alkyl halides is 3. The van der Waals surface area contributed by atoms with Gasteiger partial charge in [-0.25, -0.2) is 0 Å². The first kappa shape index (κ1) is 18.9. The van der Waals surface area contributed by atoms with E-state index in [1.165, 1.54) is 31.3 Å². The maximum atomic E-state index is 12.3. The minimum absolute atomic E-state index is 0.00171. The second-order valence-corrected chi connectivity index (χ2v) is 6.27. The molecule has 0 bridgehead atoms. The van der Waals surface area contributed by atoms with Crippen molar-refractivity contribution < 1.29 is 22.8 Å². The zero-order chi connectivity index (χ0) is 18.6. The second kappa shape index (κ2) is 7.60. The number of thioether (sulfide) groups is 1. The first-order valence-electron chi connectivity index (χ1n) is 7.19. The van der Waals surface area contributed by atoms with Gasteiger partial charge in [0.2, 0.25) is 0 Å². The van der Waals surface area contributed by atoms with E-state index in [1.807, 2.05) is 0 Å². The first-order chi connectivity index (χ1) is 11.7. The molecule has 0 radical (unpaired) electrons. The van der Waals surface area contributed by atoms with Crippen LogP contribution in [-0.2, 0) is 0 Å². The molecule has 0 fully saturated rings. The third-order valence-electron chi connectivity index (χ3n) is 3.33. The van der Waals surface area contributed by atoms with Crippen LogP contribution in [0.2, 0.25) is 0 Å². The summed E-state index contributed by atoms with van der Waals surface area (Å²) < 4.78 is 36.9. The Balaban J connectivity index is 2.15. The van der Waals surface area contributed by atoms with Crippen LogP contribution in [0.1, 0.15) is 26.3 Å². The molecule has 0 unspecified atom stereocenters. The Morgan fingerprint density at radius 1 is 0.960 bits per heavy atom. The second-order valence-electron chi connectivity index (χ2n) is 5.14. The largest absolute Gasteiger partial charge is 0.446 e. The highest BCUT2D eigenvalue weighted by Crippen LogP contribution is 2.36. The topological polar surface area (TPSA) is 58.2 Å². The Hall–Kier alpha value is -2.48. The summed E-state index contributed by atoms with van der Waals surface area (Å²) in [6.45, 7) is 1.77. The van der Waals surface area contributed by atoms with Gasteiger partial charge in [-0.2, -0.15) is 13.2 Å². The number of anilines is 1. The smallest absolute Gasteiger partial charge is 0.355 e. The lowest BCUT2D eigenvalue weighted by Gasteiger charge is -2.11. The maximum Gasteiger partial charge on any atom is 0.446 e. The molecule has 2 aromatic carbocycles. The van der Waals surface area contributed by atoms with Crippen molar-refractivity contribution in [2.75, 3.05) is 12.4 Å². The van der Waals surface area contributed by atoms with Crippen LogP contribution in [-0.4, -0.2) is 24.4 Å². The van der Waals surface area contributed by atoms with Gasteiger partial charge < -0.3 is 10.6 Å². The molecule has 0 aliphatic heterocycles. The highest BCUT2D eigenvalue weighted by atomic mass is 32.2. The SMILES string of the molecule is CNC(=O)c1ccc(C)c(NC(=O)c2ccc(SC(F)(F)F)cc2)c1. The summed E-state index contributed by atoms with van der Waals surface area (Å²) in [7, 11) is 1.50. The fourth-order valence-corrected chi connectivity index (χ4v) is 2.58. The van der Waals surface area contributed by atoms with E-state index in [2.05, 4.69) is 10.6 Å². The number of hydrogen-bond donors (Lipinski definition) is 2. The van der Waals surface area contributed by atoms with Crippen molar-refractivity contribution in [3.05, 3.63) is 59.2 Å². The lowest BCUT2D eigenvalue weighted by molar-refractivity contribution is -0.0328. The third-order valence-corrected chi connectivity index (χ3v) is 4.06. The highest BCUT2D eigenvalue weighted by molar-refractivity contribution is 8.00. The molecule has 0 aromatic heterocycles. The van der Waals surface area contributed by atoms with Crippen molar-refractivity contribution in [3.8, 4) is 0 Å². The molecule has 0 saturated carbocycles. The van der Waals surface area contributed by atoms with Gasteiger partial charge in [-0.05, 0) is 60.6 Å². The van der Waals surface area contributed by atoms with Gasteiger partial charge in [0.1, 0.15) is 0 Å². The molecule has 0 aliphatic rings. The zero-order valence-electron chi connectivity index (χ0n) is 13.4. The van der Waals surface area contributed by atoms with Gasteiger partial charge in [-0.15, -0.1) is 0 Å². The van der Waals surface area contributed by atoms with Crippen LogP contribution in [0.3, 0.4) is 0 Å². The Labute approximate surface area is 146 Å².